The van der Waals surface area contributed by atoms with Crippen molar-refractivity contribution in [1.29, 1.82) is 0 Å². The van der Waals surface area contributed by atoms with E-state index in [1.165, 1.54) is 0 Å². The van der Waals surface area contributed by atoms with Gasteiger partial charge in [0.2, 0.25) is 0 Å². The highest BCUT2D eigenvalue weighted by Crippen LogP contribution is 2.30. The lowest BCUT2D eigenvalue weighted by Gasteiger charge is -2.22. The third-order valence-electron chi connectivity index (χ3n) is 3.00. The maximum Gasteiger partial charge on any atom is 0.262 e. The minimum atomic E-state index is -1.10. The lowest BCUT2D eigenvalue weighted by molar-refractivity contribution is -0.119. The minimum Gasteiger partial charge on any atom is -0.306 e. The standard InChI is InChI=1S/C11H19FN2O/c1-3-5-11(12)6-4-9(10(15)13-2)14-8-7-11/h9,14H,2-8H2,1H3/t9-,11?/m0/s1. The van der Waals surface area contributed by atoms with Crippen LogP contribution in [0.15, 0.2) is 4.99 Å². The Morgan fingerprint density at radius 2 is 2.40 bits per heavy atom. The van der Waals surface area contributed by atoms with Gasteiger partial charge in [-0.05, 0) is 38.9 Å². The average molecular weight is 214 g/mol. The van der Waals surface area contributed by atoms with Crippen molar-refractivity contribution in [2.75, 3.05) is 6.54 Å². The summed E-state index contributed by atoms with van der Waals surface area (Å²) in [7, 11) is 0. The van der Waals surface area contributed by atoms with Crippen molar-refractivity contribution in [1.82, 2.24) is 5.32 Å². The van der Waals surface area contributed by atoms with Crippen LogP contribution in [-0.2, 0) is 4.79 Å². The molecule has 0 aromatic rings. The third kappa shape index (κ3) is 3.38. The van der Waals surface area contributed by atoms with Gasteiger partial charge < -0.3 is 5.32 Å². The fourth-order valence-corrected chi connectivity index (χ4v) is 2.12. The maximum absolute atomic E-state index is 14.2. The number of carbonyl (C=O) groups is 1. The van der Waals surface area contributed by atoms with Gasteiger partial charge in [-0.3, -0.25) is 4.79 Å². The summed E-state index contributed by atoms with van der Waals surface area (Å²) in [5.74, 6) is -0.268. The second-order valence-electron chi connectivity index (χ2n) is 4.19. The van der Waals surface area contributed by atoms with Crippen LogP contribution < -0.4 is 5.32 Å². The van der Waals surface area contributed by atoms with Crippen LogP contribution in [0.2, 0.25) is 0 Å². The minimum absolute atomic E-state index is 0.268. The van der Waals surface area contributed by atoms with Gasteiger partial charge in [0.05, 0.1) is 6.04 Å². The Balaban J connectivity index is 2.55. The molecule has 1 N–H and O–H groups in total. The molecule has 0 bridgehead atoms. The highest BCUT2D eigenvalue weighted by atomic mass is 19.1. The van der Waals surface area contributed by atoms with Crippen LogP contribution in [0.3, 0.4) is 0 Å². The SMILES string of the molecule is C=NC(=O)[C@@H]1CCC(F)(CCC)CCN1. The Bertz CT molecular complexity index is 245. The quantitative estimate of drug-likeness (QED) is 0.729. The summed E-state index contributed by atoms with van der Waals surface area (Å²) in [4.78, 5) is 14.6. The van der Waals surface area contributed by atoms with E-state index in [1.54, 1.807) is 0 Å². The number of rotatable bonds is 3. The first-order valence-corrected chi connectivity index (χ1v) is 5.54. The molecular formula is C11H19FN2O. The van der Waals surface area contributed by atoms with E-state index in [0.29, 0.717) is 32.2 Å². The molecule has 1 saturated heterocycles. The summed E-state index contributed by atoms with van der Waals surface area (Å²) in [6, 6.07) is -0.336. The van der Waals surface area contributed by atoms with Crippen LogP contribution >= 0.6 is 0 Å². The number of hydrogen-bond acceptors (Lipinski definition) is 2. The number of carbonyl (C=O) groups excluding carboxylic acids is 1. The van der Waals surface area contributed by atoms with E-state index in [9.17, 15) is 9.18 Å². The molecule has 1 heterocycles. The van der Waals surface area contributed by atoms with Gasteiger partial charge in [0, 0.05) is 0 Å². The van der Waals surface area contributed by atoms with Gasteiger partial charge in [-0.25, -0.2) is 9.38 Å². The molecule has 1 aliphatic rings. The first kappa shape index (κ1) is 12.3. The van der Waals surface area contributed by atoms with E-state index >= 15 is 0 Å². The predicted octanol–water partition coefficient (Wildman–Crippen LogP) is 1.86. The topological polar surface area (TPSA) is 41.5 Å². The lowest BCUT2D eigenvalue weighted by atomic mass is 9.91. The predicted molar refractivity (Wildman–Crippen MR) is 58.9 cm³/mol. The van der Waals surface area contributed by atoms with E-state index in [1.807, 2.05) is 6.92 Å². The Hall–Kier alpha value is -0.770. The lowest BCUT2D eigenvalue weighted by Crippen LogP contribution is -2.34. The number of halogens is 1. The molecule has 1 aliphatic heterocycles. The summed E-state index contributed by atoms with van der Waals surface area (Å²) in [6.07, 6.45) is 2.88. The van der Waals surface area contributed by atoms with Crippen molar-refractivity contribution in [3.63, 3.8) is 0 Å². The number of hydrogen-bond donors (Lipinski definition) is 1. The van der Waals surface area contributed by atoms with Crippen LogP contribution in [0.1, 0.15) is 39.0 Å². The average Bonchev–Trinajstić information content (AvgIpc) is 2.40. The molecule has 1 amide bonds. The molecule has 4 heteroatoms. The summed E-state index contributed by atoms with van der Waals surface area (Å²) in [5.41, 5.74) is -1.10. The zero-order chi connectivity index (χ0) is 11.3. The fourth-order valence-electron chi connectivity index (χ4n) is 2.12. The number of aliphatic imine (C=N–C) groups is 1. The molecule has 0 aromatic carbocycles. The Morgan fingerprint density at radius 3 is 3.00 bits per heavy atom. The largest absolute Gasteiger partial charge is 0.306 e. The molecule has 1 fully saturated rings. The molecule has 1 unspecified atom stereocenters. The van der Waals surface area contributed by atoms with Crippen LogP contribution in [-0.4, -0.2) is 30.9 Å². The van der Waals surface area contributed by atoms with Crippen molar-refractivity contribution in [3.8, 4) is 0 Å². The fraction of sp³-hybridized carbons (Fsp3) is 0.818. The molecule has 15 heavy (non-hydrogen) atoms. The van der Waals surface area contributed by atoms with E-state index in [-0.39, 0.29) is 11.9 Å². The second-order valence-corrected chi connectivity index (χ2v) is 4.19. The molecular weight excluding hydrogens is 195 g/mol. The normalized spacial score (nSPS) is 32.0. The zero-order valence-electron chi connectivity index (χ0n) is 9.26. The van der Waals surface area contributed by atoms with Gasteiger partial charge in [0.15, 0.2) is 0 Å². The van der Waals surface area contributed by atoms with Crippen LogP contribution in [0, 0.1) is 0 Å². The number of nitrogens with one attached hydrogen (secondary N) is 1. The van der Waals surface area contributed by atoms with Crippen molar-refractivity contribution in [2.45, 2.75) is 50.7 Å². The van der Waals surface area contributed by atoms with Gasteiger partial charge in [0.1, 0.15) is 5.67 Å². The summed E-state index contributed by atoms with van der Waals surface area (Å²) < 4.78 is 14.2. The number of amides is 1. The van der Waals surface area contributed by atoms with Crippen molar-refractivity contribution in [3.05, 3.63) is 0 Å². The van der Waals surface area contributed by atoms with E-state index in [0.717, 1.165) is 6.42 Å². The molecule has 0 spiro atoms. The monoisotopic (exact) mass is 214 g/mol. The summed E-state index contributed by atoms with van der Waals surface area (Å²) in [5, 5.41) is 3.02. The van der Waals surface area contributed by atoms with Crippen LogP contribution in [0.4, 0.5) is 4.39 Å². The molecule has 2 atom stereocenters. The Kier molecular flexibility index (Phi) is 4.39. The van der Waals surface area contributed by atoms with Gasteiger partial charge >= 0.3 is 0 Å². The highest BCUT2D eigenvalue weighted by molar-refractivity contribution is 5.85. The second kappa shape index (κ2) is 5.35. The maximum atomic E-state index is 14.2. The third-order valence-corrected chi connectivity index (χ3v) is 3.00. The van der Waals surface area contributed by atoms with Crippen molar-refractivity contribution < 1.29 is 9.18 Å². The Labute approximate surface area is 90.2 Å². The van der Waals surface area contributed by atoms with Crippen LogP contribution in [0.5, 0.6) is 0 Å². The molecule has 3 nitrogen and oxygen atoms in total. The Morgan fingerprint density at radius 1 is 1.67 bits per heavy atom. The van der Waals surface area contributed by atoms with Crippen LogP contribution in [0.25, 0.3) is 0 Å². The summed E-state index contributed by atoms with van der Waals surface area (Å²) >= 11 is 0. The van der Waals surface area contributed by atoms with E-state index < -0.39 is 5.67 Å². The molecule has 0 aromatic heterocycles. The number of alkyl halides is 1. The van der Waals surface area contributed by atoms with E-state index in [2.05, 4.69) is 17.0 Å². The van der Waals surface area contributed by atoms with Crippen molar-refractivity contribution >= 4 is 12.6 Å². The zero-order valence-corrected chi connectivity index (χ0v) is 9.26. The van der Waals surface area contributed by atoms with Crippen molar-refractivity contribution in [2.24, 2.45) is 4.99 Å². The smallest absolute Gasteiger partial charge is 0.262 e. The van der Waals surface area contributed by atoms with E-state index in [4.69, 9.17) is 0 Å². The van der Waals surface area contributed by atoms with Gasteiger partial charge in [0.25, 0.3) is 5.91 Å². The molecule has 0 saturated carbocycles. The van der Waals surface area contributed by atoms with Gasteiger partial charge in [-0.2, -0.15) is 0 Å². The first-order chi connectivity index (χ1) is 7.11. The van der Waals surface area contributed by atoms with Gasteiger partial charge in [-0.15, -0.1) is 0 Å². The molecule has 0 radical (unpaired) electrons. The van der Waals surface area contributed by atoms with Gasteiger partial charge in [-0.1, -0.05) is 13.3 Å². The molecule has 1 rings (SSSR count). The highest BCUT2D eigenvalue weighted by Gasteiger charge is 2.33. The summed E-state index contributed by atoms with van der Waals surface area (Å²) in [6.45, 7) is 5.73. The molecule has 86 valence electrons. The molecule has 0 aliphatic carbocycles. The first-order valence-electron chi connectivity index (χ1n) is 5.54. The number of nitrogens with zero attached hydrogens (tertiary/aromatic N) is 1.